The van der Waals surface area contributed by atoms with Crippen LogP contribution in [0, 0.1) is 0 Å². The first kappa shape index (κ1) is 18.1. The number of carbonyl (C=O) groups excluding carboxylic acids is 1. The smallest absolute Gasteiger partial charge is 0.230 e. The summed E-state index contributed by atoms with van der Waals surface area (Å²) in [5.74, 6) is 1.63. The number of nitrogens with one attached hydrogen (secondary N) is 2. The van der Waals surface area contributed by atoms with Gasteiger partial charge in [-0.05, 0) is 37.3 Å². The van der Waals surface area contributed by atoms with E-state index in [0.717, 1.165) is 27.5 Å². The van der Waals surface area contributed by atoms with E-state index in [1.54, 1.807) is 14.2 Å². The molecule has 0 saturated heterocycles. The molecule has 0 aliphatic carbocycles. The van der Waals surface area contributed by atoms with Gasteiger partial charge in [-0.25, -0.2) is 4.98 Å². The van der Waals surface area contributed by atoms with Crippen molar-refractivity contribution in [1.82, 2.24) is 15.3 Å². The number of aromatic amines is 1. The fraction of sp³-hybridized carbons (Fsp3) is 0.263. The highest BCUT2D eigenvalue weighted by Gasteiger charge is 2.16. The number of carbonyl (C=O) groups is 1. The van der Waals surface area contributed by atoms with Gasteiger partial charge in [0, 0.05) is 5.56 Å². The number of thioether (sulfide) groups is 1. The summed E-state index contributed by atoms with van der Waals surface area (Å²) in [5.41, 5.74) is 2.73. The van der Waals surface area contributed by atoms with Gasteiger partial charge in [-0.2, -0.15) is 0 Å². The molecule has 1 heterocycles. The minimum Gasteiger partial charge on any atom is -0.497 e. The van der Waals surface area contributed by atoms with E-state index < -0.39 is 0 Å². The van der Waals surface area contributed by atoms with Crippen molar-refractivity contribution in [2.45, 2.75) is 18.1 Å². The Kier molecular flexibility index (Phi) is 5.68. The summed E-state index contributed by atoms with van der Waals surface area (Å²) in [6.07, 6.45) is 0. The van der Waals surface area contributed by atoms with E-state index in [2.05, 4.69) is 15.3 Å². The number of hydrogen-bond donors (Lipinski definition) is 2. The highest BCUT2D eigenvalue weighted by Crippen LogP contribution is 2.29. The highest BCUT2D eigenvalue weighted by atomic mass is 32.2. The molecule has 3 rings (SSSR count). The van der Waals surface area contributed by atoms with Gasteiger partial charge >= 0.3 is 0 Å². The zero-order valence-corrected chi connectivity index (χ0v) is 15.7. The summed E-state index contributed by atoms with van der Waals surface area (Å²) in [5, 5.41) is 3.72. The van der Waals surface area contributed by atoms with Crippen LogP contribution in [0.15, 0.2) is 47.6 Å². The summed E-state index contributed by atoms with van der Waals surface area (Å²) in [4.78, 5) is 20.0. The second-order valence-corrected chi connectivity index (χ2v) is 6.71. The van der Waals surface area contributed by atoms with Crippen molar-refractivity contribution in [1.29, 1.82) is 0 Å². The fourth-order valence-corrected chi connectivity index (χ4v) is 3.37. The van der Waals surface area contributed by atoms with E-state index in [1.807, 2.05) is 49.4 Å². The molecule has 6 nitrogen and oxygen atoms in total. The Labute approximate surface area is 156 Å². The first-order chi connectivity index (χ1) is 12.6. The largest absolute Gasteiger partial charge is 0.497 e. The van der Waals surface area contributed by atoms with Crippen molar-refractivity contribution in [3.8, 4) is 11.5 Å². The molecule has 1 amide bonds. The Morgan fingerprint density at radius 1 is 1.23 bits per heavy atom. The molecular formula is C19H21N3O3S. The molecule has 7 heteroatoms. The van der Waals surface area contributed by atoms with Crippen LogP contribution < -0.4 is 14.8 Å². The number of imidazole rings is 1. The maximum absolute atomic E-state index is 12.3. The molecule has 0 spiro atoms. The molecule has 1 unspecified atom stereocenters. The fourth-order valence-electron chi connectivity index (χ4n) is 2.67. The number of H-pyrrole nitrogens is 1. The Bertz CT molecular complexity index is 877. The van der Waals surface area contributed by atoms with E-state index >= 15 is 0 Å². The van der Waals surface area contributed by atoms with Crippen LogP contribution >= 0.6 is 11.8 Å². The van der Waals surface area contributed by atoms with Gasteiger partial charge in [0.1, 0.15) is 11.5 Å². The van der Waals surface area contributed by atoms with E-state index in [4.69, 9.17) is 9.47 Å². The molecule has 136 valence electrons. The molecule has 3 aromatic rings. The van der Waals surface area contributed by atoms with Gasteiger partial charge in [0.05, 0.1) is 37.0 Å². The quantitative estimate of drug-likeness (QED) is 0.621. The Hall–Kier alpha value is -2.67. The molecule has 0 saturated carbocycles. The van der Waals surface area contributed by atoms with Crippen LogP contribution in [-0.4, -0.2) is 35.8 Å². The van der Waals surface area contributed by atoms with Crippen LogP contribution in [-0.2, 0) is 4.79 Å². The van der Waals surface area contributed by atoms with Crippen molar-refractivity contribution in [2.24, 2.45) is 0 Å². The van der Waals surface area contributed by atoms with Crippen molar-refractivity contribution in [3.05, 3.63) is 48.0 Å². The van der Waals surface area contributed by atoms with Crippen molar-refractivity contribution in [2.75, 3.05) is 20.0 Å². The lowest BCUT2D eigenvalue weighted by Crippen LogP contribution is -2.28. The normalized spacial score (nSPS) is 12.0. The number of ether oxygens (including phenoxy) is 2. The van der Waals surface area contributed by atoms with Gasteiger partial charge in [0.2, 0.25) is 5.91 Å². The third kappa shape index (κ3) is 4.11. The van der Waals surface area contributed by atoms with Crippen molar-refractivity contribution >= 4 is 28.7 Å². The maximum atomic E-state index is 12.3. The number of rotatable bonds is 7. The second kappa shape index (κ2) is 8.14. The predicted molar refractivity (Wildman–Crippen MR) is 103 cm³/mol. The Morgan fingerprint density at radius 3 is 2.77 bits per heavy atom. The minimum atomic E-state index is -0.205. The van der Waals surface area contributed by atoms with E-state index in [9.17, 15) is 4.79 Å². The van der Waals surface area contributed by atoms with Gasteiger partial charge in [0.25, 0.3) is 0 Å². The zero-order chi connectivity index (χ0) is 18.5. The molecule has 0 aliphatic rings. The molecule has 0 radical (unpaired) electrons. The van der Waals surface area contributed by atoms with E-state index in [0.29, 0.717) is 5.75 Å². The lowest BCUT2D eigenvalue weighted by Gasteiger charge is -2.18. The maximum Gasteiger partial charge on any atom is 0.230 e. The average Bonchev–Trinajstić information content (AvgIpc) is 3.08. The van der Waals surface area contributed by atoms with Crippen molar-refractivity contribution in [3.63, 3.8) is 0 Å². The van der Waals surface area contributed by atoms with Crippen LogP contribution in [0.5, 0.6) is 11.5 Å². The van der Waals surface area contributed by atoms with Gasteiger partial charge in [-0.15, -0.1) is 0 Å². The third-order valence-electron chi connectivity index (χ3n) is 3.99. The number of benzene rings is 2. The molecule has 2 N–H and O–H groups in total. The second-order valence-electron chi connectivity index (χ2n) is 5.74. The SMILES string of the molecule is COc1ccc(OC)c(C(C)NC(=O)CSc2nc3ccccc3[nH]2)c1. The monoisotopic (exact) mass is 371 g/mol. The predicted octanol–water partition coefficient (Wildman–Crippen LogP) is 3.55. The van der Waals surface area contributed by atoms with Gasteiger partial charge < -0.3 is 19.8 Å². The molecule has 0 fully saturated rings. The molecule has 2 aromatic carbocycles. The lowest BCUT2D eigenvalue weighted by atomic mass is 10.1. The average molecular weight is 371 g/mol. The molecule has 0 aliphatic heterocycles. The summed E-state index contributed by atoms with van der Waals surface area (Å²) in [6, 6.07) is 13.1. The number of methoxy groups -OCH3 is 2. The molecule has 1 aromatic heterocycles. The topological polar surface area (TPSA) is 76.2 Å². The van der Waals surface area contributed by atoms with Crippen LogP contribution in [0.1, 0.15) is 18.5 Å². The zero-order valence-electron chi connectivity index (χ0n) is 14.9. The van der Waals surface area contributed by atoms with Crippen LogP contribution in [0.25, 0.3) is 11.0 Å². The van der Waals surface area contributed by atoms with Gasteiger partial charge in [-0.3, -0.25) is 4.79 Å². The summed E-state index contributed by atoms with van der Waals surface area (Å²) >= 11 is 1.37. The Balaban J connectivity index is 1.62. The lowest BCUT2D eigenvalue weighted by molar-refractivity contribution is -0.119. The van der Waals surface area contributed by atoms with Crippen LogP contribution in [0.4, 0.5) is 0 Å². The van der Waals surface area contributed by atoms with E-state index in [1.165, 1.54) is 11.8 Å². The van der Waals surface area contributed by atoms with Crippen LogP contribution in [0.2, 0.25) is 0 Å². The van der Waals surface area contributed by atoms with Gasteiger partial charge in [-0.1, -0.05) is 23.9 Å². The number of nitrogens with zero attached hydrogens (tertiary/aromatic N) is 1. The van der Waals surface area contributed by atoms with Gasteiger partial charge in [0.15, 0.2) is 5.16 Å². The number of para-hydroxylation sites is 2. The molecule has 0 bridgehead atoms. The molecular weight excluding hydrogens is 350 g/mol. The summed E-state index contributed by atoms with van der Waals surface area (Å²) in [7, 11) is 3.22. The van der Waals surface area contributed by atoms with Crippen LogP contribution in [0.3, 0.4) is 0 Å². The number of fused-ring (bicyclic) bond motifs is 1. The van der Waals surface area contributed by atoms with E-state index in [-0.39, 0.29) is 17.7 Å². The first-order valence-electron chi connectivity index (χ1n) is 8.19. The first-order valence-corrected chi connectivity index (χ1v) is 9.18. The molecule has 26 heavy (non-hydrogen) atoms. The summed E-state index contributed by atoms with van der Waals surface area (Å²) < 4.78 is 10.6. The minimum absolute atomic E-state index is 0.0761. The number of hydrogen-bond acceptors (Lipinski definition) is 5. The molecule has 1 atom stereocenters. The third-order valence-corrected chi connectivity index (χ3v) is 4.86. The Morgan fingerprint density at radius 2 is 2.04 bits per heavy atom. The highest BCUT2D eigenvalue weighted by molar-refractivity contribution is 7.99. The summed E-state index contributed by atoms with van der Waals surface area (Å²) in [6.45, 7) is 1.92. The standard InChI is InChI=1S/C19H21N3O3S/c1-12(14-10-13(24-2)8-9-17(14)25-3)20-18(23)11-26-19-21-15-6-4-5-7-16(15)22-19/h4-10,12H,11H2,1-3H3,(H,20,23)(H,21,22). The number of aromatic nitrogens is 2. The number of amides is 1. The van der Waals surface area contributed by atoms with Crippen molar-refractivity contribution < 1.29 is 14.3 Å².